The fraction of sp³-hybridized carbons (Fsp3) is 0. The van der Waals surface area contributed by atoms with Crippen LogP contribution in [0.2, 0.25) is 0 Å². The molecule has 1 heterocycles. The quantitative estimate of drug-likeness (QED) is 0.891. The molecule has 0 saturated heterocycles. The Hall–Kier alpha value is -1.26. The molecule has 0 aliphatic heterocycles. The number of aromatic carboxylic acids is 1. The molecule has 0 saturated carbocycles. The third-order valence-corrected chi connectivity index (χ3v) is 2.77. The molecule has 84 valence electrons. The lowest BCUT2D eigenvalue weighted by Crippen LogP contribution is -1.95. The predicted octanol–water partition coefficient (Wildman–Crippen LogP) is 3.56. The Morgan fingerprint density at radius 3 is 2.44 bits per heavy atom. The van der Waals surface area contributed by atoms with Crippen molar-refractivity contribution in [2.45, 2.75) is 0 Å². The summed E-state index contributed by atoms with van der Waals surface area (Å²) in [6, 6.07) is 11.0. The first-order valence-electron chi connectivity index (χ1n) is 4.35. The number of aromatic nitrogens is 1. The third-order valence-electron chi connectivity index (χ3n) is 2.08. The highest BCUT2D eigenvalue weighted by Crippen LogP contribution is 2.26. The minimum absolute atomic E-state index is 0. The largest absolute Gasteiger partial charge is 0.477 e. The second-order valence-corrected chi connectivity index (χ2v) is 3.93. The Bertz CT molecular complexity index is 510. The Morgan fingerprint density at radius 1 is 1.19 bits per heavy atom. The number of carboxylic acids is 1. The number of hydrogen-bond donors (Lipinski definition) is 2. The van der Waals surface area contributed by atoms with E-state index in [4.69, 9.17) is 5.11 Å². The smallest absolute Gasteiger partial charge is 0.352 e. The zero-order chi connectivity index (χ0) is 10.8. The lowest BCUT2D eigenvalue weighted by Gasteiger charge is -2.00. The first-order valence-corrected chi connectivity index (χ1v) is 5.15. The second-order valence-electron chi connectivity index (χ2n) is 3.07. The first-order chi connectivity index (χ1) is 7.18. The average Bonchev–Trinajstić information content (AvgIpc) is 2.67. The number of carbonyl (C=O) groups is 1. The van der Waals surface area contributed by atoms with Gasteiger partial charge in [-0.25, -0.2) is 4.79 Å². The first kappa shape index (κ1) is 12.8. The highest BCUT2D eigenvalue weighted by atomic mass is 79.9. The standard InChI is InChI=1S/C11H8BrNO2.ClH/c12-8-4-2-1-3-7(8)9-5-6-10(13-9)11(14)15;/h1-6,13H,(H,14,15);1H. The third kappa shape index (κ3) is 2.46. The molecule has 0 spiro atoms. The zero-order valence-corrected chi connectivity index (χ0v) is 10.5. The monoisotopic (exact) mass is 301 g/mol. The Balaban J connectivity index is 0.00000128. The van der Waals surface area contributed by atoms with Gasteiger partial charge >= 0.3 is 5.97 Å². The van der Waals surface area contributed by atoms with Crippen molar-refractivity contribution in [3.05, 3.63) is 46.6 Å². The number of nitrogens with one attached hydrogen (secondary N) is 1. The van der Waals surface area contributed by atoms with E-state index < -0.39 is 5.97 Å². The van der Waals surface area contributed by atoms with Gasteiger partial charge in [0.25, 0.3) is 0 Å². The molecular formula is C11H9BrClNO2. The molecule has 3 nitrogen and oxygen atoms in total. The molecule has 0 fully saturated rings. The minimum atomic E-state index is -0.951. The van der Waals surface area contributed by atoms with Gasteiger partial charge in [0.1, 0.15) is 5.69 Å². The van der Waals surface area contributed by atoms with E-state index in [2.05, 4.69) is 20.9 Å². The maximum Gasteiger partial charge on any atom is 0.352 e. The van der Waals surface area contributed by atoms with E-state index in [1.54, 1.807) is 12.1 Å². The van der Waals surface area contributed by atoms with Gasteiger partial charge in [0, 0.05) is 15.7 Å². The highest BCUT2D eigenvalue weighted by Gasteiger charge is 2.08. The fourth-order valence-corrected chi connectivity index (χ4v) is 1.85. The van der Waals surface area contributed by atoms with E-state index in [9.17, 15) is 4.79 Å². The number of benzene rings is 1. The summed E-state index contributed by atoms with van der Waals surface area (Å²) >= 11 is 3.41. The molecule has 2 N–H and O–H groups in total. The van der Waals surface area contributed by atoms with Gasteiger partial charge in [0.15, 0.2) is 0 Å². The second kappa shape index (κ2) is 5.18. The van der Waals surface area contributed by atoms with Crippen molar-refractivity contribution in [1.82, 2.24) is 4.98 Å². The predicted molar refractivity (Wildman–Crippen MR) is 68.1 cm³/mol. The van der Waals surface area contributed by atoms with E-state index in [1.807, 2.05) is 24.3 Å². The lowest BCUT2D eigenvalue weighted by atomic mass is 10.2. The number of hydrogen-bond acceptors (Lipinski definition) is 1. The summed E-state index contributed by atoms with van der Waals surface area (Å²) in [6.07, 6.45) is 0. The maximum atomic E-state index is 10.7. The Morgan fingerprint density at radius 2 is 1.88 bits per heavy atom. The van der Waals surface area contributed by atoms with Crippen LogP contribution in [-0.2, 0) is 0 Å². The summed E-state index contributed by atoms with van der Waals surface area (Å²) in [5.74, 6) is -0.951. The summed E-state index contributed by atoms with van der Waals surface area (Å²) in [4.78, 5) is 13.5. The highest BCUT2D eigenvalue weighted by molar-refractivity contribution is 9.10. The van der Waals surface area contributed by atoms with Gasteiger partial charge in [-0.15, -0.1) is 12.4 Å². The summed E-state index contributed by atoms with van der Waals surface area (Å²) in [7, 11) is 0. The molecule has 16 heavy (non-hydrogen) atoms. The van der Waals surface area contributed by atoms with Gasteiger partial charge in [-0.05, 0) is 18.2 Å². The molecule has 5 heteroatoms. The van der Waals surface area contributed by atoms with E-state index in [-0.39, 0.29) is 18.1 Å². The topological polar surface area (TPSA) is 53.1 Å². The van der Waals surface area contributed by atoms with Crippen LogP contribution in [0, 0.1) is 0 Å². The summed E-state index contributed by atoms with van der Waals surface area (Å²) < 4.78 is 0.934. The van der Waals surface area contributed by atoms with Gasteiger partial charge in [-0.2, -0.15) is 0 Å². The van der Waals surface area contributed by atoms with Crippen LogP contribution < -0.4 is 0 Å². The average molecular weight is 303 g/mol. The summed E-state index contributed by atoms with van der Waals surface area (Å²) in [6.45, 7) is 0. The van der Waals surface area contributed by atoms with Crippen LogP contribution in [0.15, 0.2) is 40.9 Å². The molecule has 2 rings (SSSR count). The molecule has 0 bridgehead atoms. The van der Waals surface area contributed by atoms with Crippen LogP contribution in [-0.4, -0.2) is 16.1 Å². The molecule has 0 aliphatic rings. The molecule has 0 radical (unpaired) electrons. The van der Waals surface area contributed by atoms with E-state index in [1.165, 1.54) is 0 Å². The van der Waals surface area contributed by atoms with Crippen LogP contribution in [0.1, 0.15) is 10.5 Å². The summed E-state index contributed by atoms with van der Waals surface area (Å²) in [5, 5.41) is 8.77. The Kier molecular flexibility index (Phi) is 4.15. The lowest BCUT2D eigenvalue weighted by molar-refractivity contribution is 0.0691. The van der Waals surface area contributed by atoms with Crippen molar-refractivity contribution in [2.24, 2.45) is 0 Å². The van der Waals surface area contributed by atoms with Gasteiger partial charge in [-0.1, -0.05) is 34.1 Å². The molecular weight excluding hydrogens is 293 g/mol. The summed E-state index contributed by atoms with van der Waals surface area (Å²) in [5.41, 5.74) is 1.94. The SMILES string of the molecule is Cl.O=C(O)c1ccc(-c2ccccc2Br)[nH]1. The van der Waals surface area contributed by atoms with Crippen LogP contribution in [0.5, 0.6) is 0 Å². The molecule has 0 unspecified atom stereocenters. The van der Waals surface area contributed by atoms with Crippen molar-refractivity contribution >= 4 is 34.3 Å². The molecule has 0 aliphatic carbocycles. The number of aromatic amines is 1. The van der Waals surface area contributed by atoms with Gasteiger partial charge < -0.3 is 10.1 Å². The van der Waals surface area contributed by atoms with Gasteiger partial charge in [0.2, 0.25) is 0 Å². The maximum absolute atomic E-state index is 10.7. The van der Waals surface area contributed by atoms with Crippen LogP contribution in [0.3, 0.4) is 0 Å². The van der Waals surface area contributed by atoms with E-state index in [0.29, 0.717) is 0 Å². The van der Waals surface area contributed by atoms with E-state index >= 15 is 0 Å². The molecule has 0 amide bonds. The zero-order valence-electron chi connectivity index (χ0n) is 8.11. The van der Waals surface area contributed by atoms with Crippen molar-refractivity contribution in [1.29, 1.82) is 0 Å². The molecule has 2 aromatic rings. The van der Waals surface area contributed by atoms with Gasteiger partial charge in [-0.3, -0.25) is 0 Å². The normalized spacial score (nSPS) is 9.56. The van der Waals surface area contributed by atoms with Crippen molar-refractivity contribution < 1.29 is 9.90 Å². The van der Waals surface area contributed by atoms with Crippen LogP contribution in [0.25, 0.3) is 11.3 Å². The van der Waals surface area contributed by atoms with Crippen LogP contribution in [0.4, 0.5) is 0 Å². The fourth-order valence-electron chi connectivity index (χ4n) is 1.36. The minimum Gasteiger partial charge on any atom is -0.477 e. The molecule has 0 atom stereocenters. The Labute approximate surface area is 107 Å². The number of rotatable bonds is 2. The van der Waals surface area contributed by atoms with Crippen LogP contribution >= 0.6 is 28.3 Å². The number of H-pyrrole nitrogens is 1. The number of halogens is 2. The van der Waals surface area contributed by atoms with Gasteiger partial charge in [0.05, 0.1) is 0 Å². The molecule has 1 aromatic heterocycles. The van der Waals surface area contributed by atoms with E-state index in [0.717, 1.165) is 15.7 Å². The molecule has 1 aromatic carbocycles. The van der Waals surface area contributed by atoms with Crippen molar-refractivity contribution in [3.63, 3.8) is 0 Å². The number of carboxylic acid groups (broad SMARTS) is 1. The van der Waals surface area contributed by atoms with Crippen molar-refractivity contribution in [3.8, 4) is 11.3 Å². The van der Waals surface area contributed by atoms with Crippen molar-refractivity contribution in [2.75, 3.05) is 0 Å².